The number of thiophene rings is 1. The summed E-state index contributed by atoms with van der Waals surface area (Å²) >= 11 is 4.49. The minimum Gasteiger partial charge on any atom is -0.288 e. The molecule has 49 heavy (non-hydrogen) atoms. The maximum Gasteiger partial charge on any atom is 0.197 e. The number of nitrogens with zero attached hydrogens (tertiary/aromatic N) is 2. The summed E-state index contributed by atoms with van der Waals surface area (Å²) in [5, 5.41) is 5.96. The fourth-order valence-corrected chi connectivity index (χ4v) is 10.7. The van der Waals surface area contributed by atoms with Crippen molar-refractivity contribution in [2.45, 2.75) is 13.8 Å². The normalized spacial score (nSPS) is 14.4. The van der Waals surface area contributed by atoms with E-state index in [1.165, 1.54) is 22.7 Å². The number of thiazole rings is 2. The van der Waals surface area contributed by atoms with Gasteiger partial charge in [-0.15, -0.1) is 34.0 Å². The Bertz CT molecular complexity index is 2880. The summed E-state index contributed by atoms with van der Waals surface area (Å²) in [6.45, 7) is 4.09. The van der Waals surface area contributed by atoms with Crippen molar-refractivity contribution in [3.05, 3.63) is 127 Å². The molecule has 5 aromatic carbocycles. The molecule has 232 valence electrons. The van der Waals surface area contributed by atoms with Gasteiger partial charge in [-0.25, -0.2) is 9.97 Å². The summed E-state index contributed by atoms with van der Waals surface area (Å²) < 4.78 is 3.05. The minimum absolute atomic E-state index is 0.135. The van der Waals surface area contributed by atoms with Crippen LogP contribution in [0.4, 0.5) is 0 Å². The maximum atomic E-state index is 13.4. The molecule has 8 aromatic rings. The van der Waals surface area contributed by atoms with Crippen LogP contribution in [0.2, 0.25) is 0 Å². The van der Waals surface area contributed by atoms with E-state index < -0.39 is 0 Å². The van der Waals surface area contributed by atoms with E-state index in [-0.39, 0.29) is 34.3 Å². The van der Waals surface area contributed by atoms with Gasteiger partial charge in [0.15, 0.2) is 23.1 Å². The number of benzene rings is 5. The van der Waals surface area contributed by atoms with Gasteiger partial charge in [0.2, 0.25) is 0 Å². The average Bonchev–Trinajstić information content (AvgIpc) is 3.90. The second kappa shape index (κ2) is 10.0. The highest BCUT2D eigenvalue weighted by atomic mass is 32.1. The van der Waals surface area contributed by atoms with E-state index in [4.69, 9.17) is 9.97 Å². The SMILES string of the molecule is Cc1c2nc(C=C3C(=O)c4cc5ccccc5cc4C3=O)sc2c(C)c2c1sc1nc(C=C3C(=O)c4cc5ccccc5cc4C3=O)sc12. The first-order valence-corrected chi connectivity index (χ1v) is 18.0. The lowest BCUT2D eigenvalue weighted by Gasteiger charge is -2.02. The molecule has 0 radical (unpaired) electrons. The van der Waals surface area contributed by atoms with Gasteiger partial charge in [-0.05, 0) is 82.9 Å². The van der Waals surface area contributed by atoms with Crippen LogP contribution in [-0.4, -0.2) is 33.1 Å². The molecule has 0 unspecified atom stereocenters. The van der Waals surface area contributed by atoms with Gasteiger partial charge in [-0.2, -0.15) is 0 Å². The first-order valence-electron chi connectivity index (χ1n) is 15.6. The topological polar surface area (TPSA) is 94.1 Å². The number of aromatic nitrogens is 2. The predicted octanol–water partition coefficient (Wildman–Crippen LogP) is 9.97. The molecule has 0 amide bonds. The minimum atomic E-state index is -0.275. The van der Waals surface area contributed by atoms with Gasteiger partial charge < -0.3 is 0 Å². The molecule has 0 aliphatic heterocycles. The van der Waals surface area contributed by atoms with Gasteiger partial charge in [-0.1, -0.05) is 48.5 Å². The van der Waals surface area contributed by atoms with Crippen molar-refractivity contribution in [2.75, 3.05) is 0 Å². The first-order chi connectivity index (χ1) is 23.7. The summed E-state index contributed by atoms with van der Waals surface area (Å²) in [5.41, 5.74) is 4.89. The Balaban J connectivity index is 1.05. The largest absolute Gasteiger partial charge is 0.288 e. The quantitative estimate of drug-likeness (QED) is 0.133. The molecule has 2 aliphatic rings. The summed E-state index contributed by atoms with van der Waals surface area (Å²) in [6, 6.07) is 22.6. The molecule has 0 N–H and O–H groups in total. The summed E-state index contributed by atoms with van der Waals surface area (Å²) in [5.74, 6) is -1.10. The lowest BCUT2D eigenvalue weighted by atomic mass is 10.0. The summed E-state index contributed by atoms with van der Waals surface area (Å²) in [4.78, 5) is 64.2. The van der Waals surface area contributed by atoms with E-state index in [1.807, 2.05) is 55.5 Å². The van der Waals surface area contributed by atoms with Crippen LogP contribution in [0, 0.1) is 13.8 Å². The van der Waals surface area contributed by atoms with Crippen molar-refractivity contribution in [1.82, 2.24) is 9.97 Å². The Morgan fingerprint density at radius 2 is 0.939 bits per heavy atom. The molecule has 0 atom stereocenters. The molecule has 9 heteroatoms. The van der Waals surface area contributed by atoms with Gasteiger partial charge in [0.25, 0.3) is 0 Å². The zero-order chi connectivity index (χ0) is 33.3. The number of carbonyl (C=O) groups excluding carboxylic acids is 4. The Kier molecular flexibility index (Phi) is 5.83. The average molecular weight is 689 g/mol. The molecule has 0 bridgehead atoms. The van der Waals surface area contributed by atoms with Crippen LogP contribution in [0.15, 0.2) is 83.9 Å². The number of ketones is 4. The number of Topliss-reactive ketones (excluding diaryl/α,β-unsaturated/α-hetero) is 4. The zero-order valence-corrected chi connectivity index (χ0v) is 28.3. The predicted molar refractivity (Wildman–Crippen MR) is 199 cm³/mol. The number of aryl methyl sites for hydroxylation is 2. The summed E-state index contributed by atoms with van der Waals surface area (Å²) in [7, 11) is 0. The number of fused-ring (bicyclic) bond motifs is 8. The molecule has 0 spiro atoms. The monoisotopic (exact) mass is 688 g/mol. The zero-order valence-electron chi connectivity index (χ0n) is 25.8. The van der Waals surface area contributed by atoms with E-state index in [1.54, 1.807) is 47.8 Å². The van der Waals surface area contributed by atoms with Crippen LogP contribution in [0.1, 0.15) is 62.6 Å². The van der Waals surface area contributed by atoms with Gasteiger partial charge in [0.05, 0.1) is 26.1 Å². The van der Waals surface area contributed by atoms with Crippen LogP contribution in [0.5, 0.6) is 0 Å². The smallest absolute Gasteiger partial charge is 0.197 e. The van der Waals surface area contributed by atoms with Gasteiger partial charge >= 0.3 is 0 Å². The molecule has 0 saturated heterocycles. The number of carbonyl (C=O) groups is 4. The van der Waals surface area contributed by atoms with Crippen molar-refractivity contribution >= 4 is 121 Å². The van der Waals surface area contributed by atoms with Crippen molar-refractivity contribution in [2.24, 2.45) is 0 Å². The maximum absolute atomic E-state index is 13.4. The lowest BCUT2D eigenvalue weighted by Crippen LogP contribution is -2.00. The second-order valence-corrected chi connectivity index (χ2v) is 15.5. The molecule has 6 nitrogen and oxygen atoms in total. The van der Waals surface area contributed by atoms with Gasteiger partial charge in [-0.3, -0.25) is 19.2 Å². The highest BCUT2D eigenvalue weighted by Gasteiger charge is 2.35. The number of hydrogen-bond acceptors (Lipinski definition) is 9. The number of allylic oxidation sites excluding steroid dienone is 2. The Morgan fingerprint density at radius 3 is 1.41 bits per heavy atom. The molecular formula is C40H20N2O4S3. The van der Waals surface area contributed by atoms with Crippen molar-refractivity contribution in [3.63, 3.8) is 0 Å². The summed E-state index contributed by atoms with van der Waals surface area (Å²) in [6.07, 6.45) is 3.27. The molecule has 3 aromatic heterocycles. The standard InChI is InChI=1S/C40H20N2O4S3/c1-17-31-37(49-40-39(31)48-30(42-40)16-28-35(45)25-13-21-9-5-6-10-22(21)14-26(25)36(28)46)18(2)32-38(17)47-29(41-32)15-27-33(43)23-11-19-7-3-4-8-20(19)12-24(23)34(27)44/h3-16H,1-2H3. The highest BCUT2D eigenvalue weighted by molar-refractivity contribution is 7.32. The van der Waals surface area contributed by atoms with E-state index in [0.29, 0.717) is 32.3 Å². The van der Waals surface area contributed by atoms with Crippen molar-refractivity contribution in [1.29, 1.82) is 0 Å². The molecular weight excluding hydrogens is 669 g/mol. The van der Waals surface area contributed by atoms with E-state index in [9.17, 15) is 19.2 Å². The van der Waals surface area contributed by atoms with Crippen LogP contribution in [0.25, 0.3) is 63.5 Å². The molecule has 0 saturated carbocycles. The van der Waals surface area contributed by atoms with E-state index >= 15 is 0 Å². The third-order valence-electron chi connectivity index (χ3n) is 9.58. The van der Waals surface area contributed by atoms with Crippen molar-refractivity contribution in [3.8, 4) is 0 Å². The van der Waals surface area contributed by atoms with Crippen molar-refractivity contribution < 1.29 is 19.2 Å². The Morgan fingerprint density at radius 1 is 0.510 bits per heavy atom. The van der Waals surface area contributed by atoms with E-state index in [2.05, 4.69) is 6.92 Å². The van der Waals surface area contributed by atoms with Crippen LogP contribution < -0.4 is 0 Å². The Labute approximate surface area is 289 Å². The van der Waals surface area contributed by atoms with Gasteiger partial charge in [0, 0.05) is 32.3 Å². The first kappa shape index (κ1) is 28.5. The highest BCUT2D eigenvalue weighted by Crippen LogP contribution is 2.46. The lowest BCUT2D eigenvalue weighted by molar-refractivity contribution is 0.0975. The molecule has 0 fully saturated rings. The fraction of sp³-hybridized carbons (Fsp3) is 0.0500. The third kappa shape index (κ3) is 3.98. The van der Waals surface area contributed by atoms with Crippen LogP contribution >= 0.6 is 34.0 Å². The number of hydrogen-bond donors (Lipinski definition) is 0. The van der Waals surface area contributed by atoms with E-state index in [0.717, 1.165) is 62.5 Å². The second-order valence-electron chi connectivity index (χ2n) is 12.4. The molecule has 10 rings (SSSR count). The van der Waals surface area contributed by atoms with Gasteiger partial charge in [0.1, 0.15) is 14.8 Å². The van der Waals surface area contributed by atoms with Crippen LogP contribution in [-0.2, 0) is 0 Å². The molecule has 3 heterocycles. The van der Waals surface area contributed by atoms with Crippen LogP contribution in [0.3, 0.4) is 0 Å². The third-order valence-corrected chi connectivity index (χ3v) is 13.1. The number of rotatable bonds is 2. The molecule has 2 aliphatic carbocycles. The Hall–Kier alpha value is -5.48. The fourth-order valence-electron chi connectivity index (χ4n) is 7.12.